The molecule has 1 amide bonds. The first-order valence-electron chi connectivity index (χ1n) is 6.48. The number of fused-ring (bicyclic) bond motifs is 1. The summed E-state index contributed by atoms with van der Waals surface area (Å²) in [6, 6.07) is 1.51. The Labute approximate surface area is 120 Å². The number of aliphatic hydroxyl groups is 1. The van der Waals surface area contributed by atoms with Crippen molar-refractivity contribution in [2.75, 3.05) is 4.90 Å². The third-order valence-corrected chi connectivity index (χ3v) is 3.90. The molecule has 6 heteroatoms. The number of carbonyl (C=O) groups excluding carboxylic acids is 2. The number of aldehydes is 1. The van der Waals surface area contributed by atoms with Gasteiger partial charge in [-0.3, -0.25) is 19.5 Å². The predicted molar refractivity (Wildman–Crippen MR) is 73.1 cm³/mol. The van der Waals surface area contributed by atoms with Crippen LogP contribution in [0.1, 0.15) is 23.7 Å². The molecule has 21 heavy (non-hydrogen) atoms. The van der Waals surface area contributed by atoms with Crippen molar-refractivity contribution in [1.82, 2.24) is 4.98 Å². The van der Waals surface area contributed by atoms with Gasteiger partial charge in [0, 0.05) is 29.8 Å². The topological polar surface area (TPSA) is 70.5 Å². The summed E-state index contributed by atoms with van der Waals surface area (Å²) in [5, 5.41) is 10.4. The standard InChI is InChI=1S/C15H13FN2O3/c1-15(21)12-5-10(16)2-3-13(12)18(14(15)20)11-4-9(8-19)6-17-7-11/h2-4,6-8,12,21H,5H2,1H3. The van der Waals surface area contributed by atoms with Gasteiger partial charge >= 0.3 is 0 Å². The normalized spacial score (nSPS) is 28.0. The van der Waals surface area contributed by atoms with Crippen LogP contribution in [0.3, 0.4) is 0 Å². The summed E-state index contributed by atoms with van der Waals surface area (Å²) in [4.78, 5) is 28.5. The summed E-state index contributed by atoms with van der Waals surface area (Å²) in [5.41, 5.74) is -0.471. The van der Waals surface area contributed by atoms with Crippen LogP contribution in [-0.2, 0) is 4.79 Å². The van der Waals surface area contributed by atoms with Crippen LogP contribution in [0.25, 0.3) is 0 Å². The van der Waals surface area contributed by atoms with E-state index in [1.165, 1.54) is 42.4 Å². The van der Waals surface area contributed by atoms with Crippen molar-refractivity contribution in [2.24, 2.45) is 5.92 Å². The van der Waals surface area contributed by atoms with E-state index < -0.39 is 17.4 Å². The lowest BCUT2D eigenvalue weighted by atomic mass is 9.85. The molecular formula is C15H13FN2O3. The summed E-state index contributed by atoms with van der Waals surface area (Å²) < 4.78 is 13.5. The number of carbonyl (C=O) groups is 2. The molecule has 1 aromatic rings. The second-order valence-electron chi connectivity index (χ2n) is 5.34. The van der Waals surface area contributed by atoms with Crippen LogP contribution >= 0.6 is 0 Å². The quantitative estimate of drug-likeness (QED) is 0.842. The van der Waals surface area contributed by atoms with Gasteiger partial charge in [0.2, 0.25) is 0 Å². The van der Waals surface area contributed by atoms with Gasteiger partial charge in [0.1, 0.15) is 11.4 Å². The van der Waals surface area contributed by atoms with Crippen molar-refractivity contribution in [1.29, 1.82) is 0 Å². The Morgan fingerprint density at radius 2 is 2.24 bits per heavy atom. The average Bonchev–Trinajstić information content (AvgIpc) is 2.67. The molecule has 2 atom stereocenters. The lowest BCUT2D eigenvalue weighted by molar-refractivity contribution is -0.134. The number of hydrogen-bond acceptors (Lipinski definition) is 4. The zero-order chi connectivity index (χ0) is 15.2. The van der Waals surface area contributed by atoms with Gasteiger partial charge in [0.15, 0.2) is 6.29 Å². The van der Waals surface area contributed by atoms with E-state index in [0.717, 1.165) is 0 Å². The number of anilines is 1. The Bertz CT molecular complexity index is 694. The maximum Gasteiger partial charge on any atom is 0.263 e. The van der Waals surface area contributed by atoms with E-state index >= 15 is 0 Å². The molecule has 0 radical (unpaired) electrons. The molecule has 2 unspecified atom stereocenters. The first-order chi connectivity index (χ1) is 9.95. The smallest absolute Gasteiger partial charge is 0.263 e. The van der Waals surface area contributed by atoms with Crippen LogP contribution in [-0.4, -0.2) is 27.9 Å². The van der Waals surface area contributed by atoms with Crippen LogP contribution in [0.5, 0.6) is 0 Å². The molecule has 1 aliphatic heterocycles. The molecule has 1 N–H and O–H groups in total. The highest BCUT2D eigenvalue weighted by atomic mass is 19.1. The molecule has 108 valence electrons. The minimum Gasteiger partial charge on any atom is -0.380 e. The maximum absolute atomic E-state index is 13.5. The largest absolute Gasteiger partial charge is 0.380 e. The SMILES string of the molecule is CC1(O)C(=O)N(c2cncc(C=O)c2)C2=CC=C(F)CC21. The van der Waals surface area contributed by atoms with Crippen molar-refractivity contribution in [2.45, 2.75) is 18.9 Å². The number of pyridine rings is 1. The highest BCUT2D eigenvalue weighted by molar-refractivity contribution is 6.06. The van der Waals surface area contributed by atoms with Crippen molar-refractivity contribution in [3.8, 4) is 0 Å². The minimum atomic E-state index is -1.69. The third kappa shape index (κ3) is 1.99. The molecule has 1 fully saturated rings. The Morgan fingerprint density at radius 1 is 1.48 bits per heavy atom. The van der Waals surface area contributed by atoms with Crippen molar-refractivity contribution < 1.29 is 19.1 Å². The van der Waals surface area contributed by atoms with Gasteiger partial charge in [0.05, 0.1) is 11.9 Å². The number of amides is 1. The van der Waals surface area contributed by atoms with Crippen LogP contribution in [0.4, 0.5) is 10.1 Å². The summed E-state index contributed by atoms with van der Waals surface area (Å²) in [6.45, 7) is 1.38. The first-order valence-corrected chi connectivity index (χ1v) is 6.48. The number of rotatable bonds is 2. The van der Waals surface area contributed by atoms with Crippen molar-refractivity contribution in [3.63, 3.8) is 0 Å². The highest BCUT2D eigenvalue weighted by Gasteiger charge is 2.54. The molecule has 0 saturated carbocycles. The van der Waals surface area contributed by atoms with Gasteiger partial charge in [-0.05, 0) is 25.1 Å². The van der Waals surface area contributed by atoms with E-state index in [0.29, 0.717) is 23.2 Å². The van der Waals surface area contributed by atoms with Gasteiger partial charge in [-0.1, -0.05) is 0 Å². The van der Waals surface area contributed by atoms with E-state index in [2.05, 4.69) is 4.98 Å². The van der Waals surface area contributed by atoms with Crippen molar-refractivity contribution in [3.05, 3.63) is 47.7 Å². The van der Waals surface area contributed by atoms with Crippen molar-refractivity contribution >= 4 is 17.9 Å². The number of halogens is 1. The molecule has 3 rings (SSSR count). The van der Waals surface area contributed by atoms with Crippen LogP contribution < -0.4 is 4.90 Å². The van der Waals surface area contributed by atoms with Gasteiger partial charge in [-0.15, -0.1) is 0 Å². The summed E-state index contributed by atoms with van der Waals surface area (Å²) in [6.07, 6.45) is 6.17. The van der Waals surface area contributed by atoms with E-state index in [9.17, 15) is 19.1 Å². The maximum atomic E-state index is 13.5. The molecule has 1 aliphatic carbocycles. The van der Waals surface area contributed by atoms with E-state index in [1.54, 1.807) is 0 Å². The summed E-state index contributed by atoms with van der Waals surface area (Å²) >= 11 is 0. The van der Waals surface area contributed by atoms with Crippen LogP contribution in [0, 0.1) is 5.92 Å². The van der Waals surface area contributed by atoms with Gasteiger partial charge in [0.25, 0.3) is 5.91 Å². The zero-order valence-corrected chi connectivity index (χ0v) is 11.3. The van der Waals surface area contributed by atoms with E-state index in [1.807, 2.05) is 0 Å². The lowest BCUT2D eigenvalue weighted by Gasteiger charge is -2.23. The average molecular weight is 288 g/mol. The number of aromatic nitrogens is 1. The lowest BCUT2D eigenvalue weighted by Crippen LogP contribution is -2.40. The fourth-order valence-corrected chi connectivity index (χ4v) is 2.77. The Morgan fingerprint density at radius 3 is 2.95 bits per heavy atom. The highest BCUT2D eigenvalue weighted by Crippen LogP contribution is 2.45. The van der Waals surface area contributed by atoms with Gasteiger partial charge in [-0.2, -0.15) is 0 Å². The molecule has 1 saturated heterocycles. The van der Waals surface area contributed by atoms with Gasteiger partial charge < -0.3 is 5.11 Å². The molecule has 0 bridgehead atoms. The van der Waals surface area contributed by atoms with Crippen LogP contribution in [0.2, 0.25) is 0 Å². The molecule has 5 nitrogen and oxygen atoms in total. The minimum absolute atomic E-state index is 0.0259. The van der Waals surface area contributed by atoms with E-state index in [-0.39, 0.29) is 12.2 Å². The van der Waals surface area contributed by atoms with Crippen LogP contribution in [0.15, 0.2) is 42.1 Å². The Kier molecular flexibility index (Phi) is 2.98. The van der Waals surface area contributed by atoms with Gasteiger partial charge in [-0.25, -0.2) is 4.39 Å². The second-order valence-corrected chi connectivity index (χ2v) is 5.34. The van der Waals surface area contributed by atoms with E-state index in [4.69, 9.17) is 0 Å². The molecular weight excluding hydrogens is 275 g/mol. The predicted octanol–water partition coefficient (Wildman–Crippen LogP) is 1.75. The number of allylic oxidation sites excluding steroid dienone is 3. The third-order valence-electron chi connectivity index (χ3n) is 3.90. The Balaban J connectivity index is 2.12. The Hall–Kier alpha value is -2.34. The second kappa shape index (κ2) is 4.60. The number of hydrogen-bond donors (Lipinski definition) is 1. The zero-order valence-electron chi connectivity index (χ0n) is 11.3. The summed E-state index contributed by atoms with van der Waals surface area (Å²) in [7, 11) is 0. The molecule has 2 aliphatic rings. The molecule has 0 spiro atoms. The molecule has 1 aromatic heterocycles. The fourth-order valence-electron chi connectivity index (χ4n) is 2.77. The molecule has 0 aromatic carbocycles. The fraction of sp³-hybridized carbons (Fsp3) is 0.267. The number of nitrogens with zero attached hydrogens (tertiary/aromatic N) is 2. The molecule has 2 heterocycles. The summed E-state index contributed by atoms with van der Waals surface area (Å²) in [5.74, 6) is -1.57. The first kappa shape index (κ1) is 13.6. The monoisotopic (exact) mass is 288 g/mol.